The highest BCUT2D eigenvalue weighted by Crippen LogP contribution is 2.05. The fourth-order valence-electron chi connectivity index (χ4n) is 0.690. The second-order valence-electron chi connectivity index (χ2n) is 2.01. The lowest BCUT2D eigenvalue weighted by molar-refractivity contribution is -0.132. The molecule has 70 valence electrons. The number of hydrogen-bond donors (Lipinski definition) is 2. The topological polar surface area (TPSA) is 111 Å². The average molecular weight is 185 g/mol. The Morgan fingerprint density at radius 3 is 2.92 bits per heavy atom. The molecule has 0 saturated heterocycles. The predicted molar refractivity (Wildman–Crippen MR) is 41.3 cm³/mol. The second-order valence-corrected chi connectivity index (χ2v) is 2.01. The zero-order chi connectivity index (χ0) is 9.84. The molecule has 0 fully saturated rings. The van der Waals surface area contributed by atoms with E-state index in [1.807, 2.05) is 0 Å². The molecule has 0 atom stereocenters. The number of anilines is 1. The van der Waals surface area contributed by atoms with Crippen molar-refractivity contribution in [3.05, 3.63) is 12.0 Å². The molecule has 0 aliphatic heterocycles. The minimum Gasteiger partial charge on any atom is -0.464 e. The van der Waals surface area contributed by atoms with Crippen molar-refractivity contribution >= 4 is 17.7 Å². The van der Waals surface area contributed by atoms with Gasteiger partial charge in [-0.25, -0.2) is 4.79 Å². The molecule has 1 heterocycles. The third-order valence-corrected chi connectivity index (χ3v) is 1.24. The van der Waals surface area contributed by atoms with Crippen molar-refractivity contribution in [1.29, 1.82) is 0 Å². The fourth-order valence-corrected chi connectivity index (χ4v) is 0.690. The molecule has 3 N–H and O–H groups in total. The highest BCUT2D eigenvalue weighted by Gasteiger charge is 2.18. The first-order valence-corrected chi connectivity index (χ1v) is 3.20. The number of oxazole rings is 1. The fraction of sp³-hybridized carbons (Fsp3) is 0.167. The van der Waals surface area contributed by atoms with Gasteiger partial charge < -0.3 is 20.1 Å². The number of oxime groups is 1. The summed E-state index contributed by atoms with van der Waals surface area (Å²) in [6.45, 7) is 0. The monoisotopic (exact) mass is 185 g/mol. The molecule has 0 saturated carbocycles. The third-order valence-electron chi connectivity index (χ3n) is 1.24. The van der Waals surface area contributed by atoms with Crippen LogP contribution in [0.5, 0.6) is 0 Å². The van der Waals surface area contributed by atoms with E-state index < -0.39 is 5.97 Å². The van der Waals surface area contributed by atoms with Gasteiger partial charge in [-0.15, -0.1) is 0 Å². The van der Waals surface area contributed by atoms with Crippen LogP contribution in [-0.2, 0) is 9.53 Å². The average Bonchev–Trinajstić information content (AvgIpc) is 2.53. The lowest BCUT2D eigenvalue weighted by Crippen LogP contribution is -2.17. The Morgan fingerprint density at radius 2 is 2.54 bits per heavy atom. The van der Waals surface area contributed by atoms with Crippen LogP contribution in [0, 0.1) is 0 Å². The SMILES string of the molecule is COC(=O)C(=NO)c1coc(N)n1. The van der Waals surface area contributed by atoms with Crippen LogP contribution in [0.4, 0.5) is 6.01 Å². The molecular formula is C6H7N3O4. The van der Waals surface area contributed by atoms with Gasteiger partial charge >= 0.3 is 5.97 Å². The van der Waals surface area contributed by atoms with E-state index in [1.165, 1.54) is 0 Å². The van der Waals surface area contributed by atoms with E-state index in [0.29, 0.717) is 0 Å². The first-order chi connectivity index (χ1) is 6.19. The molecule has 7 nitrogen and oxygen atoms in total. The highest BCUT2D eigenvalue weighted by atomic mass is 16.5. The third kappa shape index (κ3) is 1.75. The Kier molecular flexibility index (Phi) is 2.48. The van der Waals surface area contributed by atoms with Crippen LogP contribution in [-0.4, -0.2) is 29.0 Å². The van der Waals surface area contributed by atoms with Gasteiger partial charge in [-0.1, -0.05) is 5.16 Å². The lowest BCUT2D eigenvalue weighted by atomic mass is 10.3. The van der Waals surface area contributed by atoms with Gasteiger partial charge in [0.15, 0.2) is 0 Å². The van der Waals surface area contributed by atoms with Crippen LogP contribution < -0.4 is 5.73 Å². The van der Waals surface area contributed by atoms with Crippen LogP contribution in [0.1, 0.15) is 5.69 Å². The molecule has 0 unspecified atom stereocenters. The first-order valence-electron chi connectivity index (χ1n) is 3.20. The van der Waals surface area contributed by atoms with Crippen LogP contribution >= 0.6 is 0 Å². The lowest BCUT2D eigenvalue weighted by Gasteiger charge is -1.95. The number of carbonyl (C=O) groups excluding carboxylic acids is 1. The van der Waals surface area contributed by atoms with E-state index >= 15 is 0 Å². The summed E-state index contributed by atoms with van der Waals surface area (Å²) in [4.78, 5) is 14.5. The minimum absolute atomic E-state index is 0.0202. The molecule has 0 aliphatic carbocycles. The Morgan fingerprint density at radius 1 is 1.85 bits per heavy atom. The van der Waals surface area contributed by atoms with Crippen molar-refractivity contribution in [3.8, 4) is 0 Å². The molecule has 0 amide bonds. The second kappa shape index (κ2) is 3.57. The Labute approximate surface area is 72.8 Å². The van der Waals surface area contributed by atoms with E-state index in [1.54, 1.807) is 0 Å². The molecule has 13 heavy (non-hydrogen) atoms. The largest absolute Gasteiger partial charge is 0.464 e. The molecule has 1 rings (SSSR count). The summed E-state index contributed by atoms with van der Waals surface area (Å²) in [6, 6.07) is -0.125. The number of methoxy groups -OCH3 is 1. The summed E-state index contributed by atoms with van der Waals surface area (Å²) in [5, 5.41) is 11.2. The van der Waals surface area contributed by atoms with E-state index in [9.17, 15) is 4.79 Å². The van der Waals surface area contributed by atoms with Crippen LogP contribution in [0.25, 0.3) is 0 Å². The number of nitrogens with zero attached hydrogens (tertiary/aromatic N) is 2. The number of nitrogen functional groups attached to an aromatic ring is 1. The van der Waals surface area contributed by atoms with Gasteiger partial charge in [-0.2, -0.15) is 4.98 Å². The number of ether oxygens (including phenoxy) is 1. The quantitative estimate of drug-likeness (QED) is 0.281. The number of nitrogens with two attached hydrogens (primary N) is 1. The van der Waals surface area contributed by atoms with E-state index in [2.05, 4.69) is 19.3 Å². The summed E-state index contributed by atoms with van der Waals surface area (Å²) in [6.07, 6.45) is 1.08. The van der Waals surface area contributed by atoms with Gasteiger partial charge in [0.1, 0.15) is 12.0 Å². The van der Waals surface area contributed by atoms with Crippen molar-refractivity contribution in [3.63, 3.8) is 0 Å². The molecule has 1 aromatic heterocycles. The van der Waals surface area contributed by atoms with Crippen LogP contribution in [0.15, 0.2) is 15.8 Å². The summed E-state index contributed by atoms with van der Waals surface area (Å²) >= 11 is 0. The molecule has 0 bridgehead atoms. The standard InChI is InChI=1S/C6H7N3O4/c1-12-5(10)4(9-11)3-2-13-6(7)8-3/h2,11H,1H3,(H2,7,8). The zero-order valence-corrected chi connectivity index (χ0v) is 6.72. The number of esters is 1. The van der Waals surface area contributed by atoms with E-state index in [-0.39, 0.29) is 17.4 Å². The van der Waals surface area contributed by atoms with Crippen LogP contribution in [0.2, 0.25) is 0 Å². The highest BCUT2D eigenvalue weighted by molar-refractivity contribution is 6.42. The number of carbonyl (C=O) groups is 1. The number of hydrogen-bond acceptors (Lipinski definition) is 7. The summed E-state index contributed by atoms with van der Waals surface area (Å²) < 4.78 is 8.92. The summed E-state index contributed by atoms with van der Waals surface area (Å²) in [5.74, 6) is -0.823. The van der Waals surface area contributed by atoms with Crippen molar-refractivity contribution in [2.45, 2.75) is 0 Å². The van der Waals surface area contributed by atoms with Crippen molar-refractivity contribution in [1.82, 2.24) is 4.98 Å². The van der Waals surface area contributed by atoms with Gasteiger partial charge in [0.2, 0.25) is 5.71 Å². The van der Waals surface area contributed by atoms with Crippen molar-refractivity contribution < 1.29 is 19.2 Å². The zero-order valence-electron chi connectivity index (χ0n) is 6.72. The molecule has 0 spiro atoms. The first kappa shape index (κ1) is 9.04. The summed E-state index contributed by atoms with van der Waals surface area (Å²) in [7, 11) is 1.15. The van der Waals surface area contributed by atoms with Gasteiger partial charge in [-0.3, -0.25) is 0 Å². The summed E-state index contributed by atoms with van der Waals surface area (Å²) in [5.41, 5.74) is 4.81. The maximum Gasteiger partial charge on any atom is 0.362 e. The van der Waals surface area contributed by atoms with Gasteiger partial charge in [-0.05, 0) is 0 Å². The van der Waals surface area contributed by atoms with Crippen molar-refractivity contribution in [2.24, 2.45) is 5.16 Å². The number of aromatic nitrogens is 1. The van der Waals surface area contributed by atoms with Crippen LogP contribution in [0.3, 0.4) is 0 Å². The van der Waals surface area contributed by atoms with Gasteiger partial charge in [0.05, 0.1) is 7.11 Å². The molecule has 0 aliphatic rings. The number of rotatable bonds is 2. The smallest absolute Gasteiger partial charge is 0.362 e. The Bertz CT molecular complexity index is 343. The van der Waals surface area contributed by atoms with Crippen molar-refractivity contribution in [2.75, 3.05) is 12.8 Å². The maximum atomic E-state index is 10.9. The Hall–Kier alpha value is -2.05. The van der Waals surface area contributed by atoms with E-state index in [4.69, 9.17) is 10.9 Å². The van der Waals surface area contributed by atoms with E-state index in [0.717, 1.165) is 13.4 Å². The van der Waals surface area contributed by atoms with Gasteiger partial charge in [0, 0.05) is 0 Å². The molecular weight excluding hydrogens is 178 g/mol. The minimum atomic E-state index is -0.823. The van der Waals surface area contributed by atoms with Gasteiger partial charge in [0.25, 0.3) is 6.01 Å². The predicted octanol–water partition coefficient (Wildman–Crippen LogP) is -0.392. The molecule has 0 radical (unpaired) electrons. The Balaban J connectivity index is 2.99. The molecule has 7 heteroatoms. The maximum absolute atomic E-state index is 10.9. The normalized spacial score (nSPS) is 11.3. The molecule has 1 aromatic rings. The molecule has 0 aromatic carbocycles.